The van der Waals surface area contributed by atoms with Crippen molar-refractivity contribution >= 4 is 21.6 Å². The Bertz CT molecular complexity index is 577. The van der Waals surface area contributed by atoms with Crippen LogP contribution in [0.4, 0.5) is 0 Å². The molecule has 1 aromatic carbocycles. The summed E-state index contributed by atoms with van der Waals surface area (Å²) in [5, 5.41) is 9.52. The Kier molecular flexibility index (Phi) is 5.04. The lowest BCUT2D eigenvalue weighted by Gasteiger charge is -2.30. The Labute approximate surface area is 124 Å². The molecule has 5 nitrogen and oxygen atoms in total. The van der Waals surface area contributed by atoms with E-state index in [1.165, 1.54) is 18.2 Å². The van der Waals surface area contributed by atoms with Crippen LogP contribution in [-0.2, 0) is 16.6 Å². The van der Waals surface area contributed by atoms with Crippen molar-refractivity contribution in [3.05, 3.63) is 28.8 Å². The molecule has 112 valence electrons. The van der Waals surface area contributed by atoms with Crippen LogP contribution in [0.5, 0.6) is 0 Å². The topological polar surface area (TPSA) is 69.6 Å². The summed E-state index contributed by atoms with van der Waals surface area (Å²) >= 11 is 5.88. The van der Waals surface area contributed by atoms with Gasteiger partial charge in [-0.15, -0.1) is 0 Å². The van der Waals surface area contributed by atoms with E-state index in [2.05, 4.69) is 9.62 Å². The van der Waals surface area contributed by atoms with E-state index < -0.39 is 10.0 Å². The van der Waals surface area contributed by atoms with Gasteiger partial charge < -0.3 is 10.0 Å². The quantitative estimate of drug-likeness (QED) is 0.875. The van der Waals surface area contributed by atoms with Crippen LogP contribution in [0.1, 0.15) is 18.4 Å². The van der Waals surface area contributed by atoms with Crippen molar-refractivity contribution in [2.75, 3.05) is 20.1 Å². The molecule has 0 spiro atoms. The number of likely N-dealkylation sites (N-methyl/N-ethyl adjacent to an activating group) is 1. The molecule has 0 saturated carbocycles. The van der Waals surface area contributed by atoms with Crippen LogP contribution in [0.25, 0.3) is 0 Å². The second kappa shape index (κ2) is 6.41. The second-order valence-electron chi connectivity index (χ2n) is 5.13. The predicted octanol–water partition coefficient (Wildman–Crippen LogP) is 1.20. The molecule has 0 aromatic heterocycles. The zero-order valence-corrected chi connectivity index (χ0v) is 12.9. The van der Waals surface area contributed by atoms with Crippen LogP contribution in [0.2, 0.25) is 5.02 Å². The third-order valence-corrected chi connectivity index (χ3v) is 5.33. The van der Waals surface area contributed by atoms with Gasteiger partial charge in [-0.25, -0.2) is 13.1 Å². The molecule has 0 radical (unpaired) electrons. The molecule has 1 saturated heterocycles. The number of benzene rings is 1. The van der Waals surface area contributed by atoms with Crippen molar-refractivity contribution in [2.24, 2.45) is 0 Å². The molecular formula is C13H19ClN2O3S. The third-order valence-electron chi connectivity index (χ3n) is 3.44. The van der Waals surface area contributed by atoms with Crippen LogP contribution >= 0.6 is 11.6 Å². The van der Waals surface area contributed by atoms with E-state index >= 15 is 0 Å². The molecule has 0 aliphatic carbocycles. The van der Waals surface area contributed by atoms with E-state index in [1.54, 1.807) is 0 Å². The van der Waals surface area contributed by atoms with Gasteiger partial charge in [-0.05, 0) is 50.2 Å². The van der Waals surface area contributed by atoms with E-state index in [1.807, 2.05) is 7.05 Å². The zero-order chi connectivity index (χ0) is 14.8. The minimum atomic E-state index is -3.58. The standard InChI is InChI=1S/C13H19ClN2O3S/c1-16-6-2-3-11(8-16)15-20(18,19)12-4-5-13(14)10(7-12)9-17/h4-5,7,11,15,17H,2-3,6,8-9H2,1H3. The summed E-state index contributed by atoms with van der Waals surface area (Å²) in [5.74, 6) is 0. The van der Waals surface area contributed by atoms with Gasteiger partial charge in [0.25, 0.3) is 0 Å². The second-order valence-corrected chi connectivity index (χ2v) is 7.26. The molecule has 1 atom stereocenters. The van der Waals surface area contributed by atoms with E-state index in [4.69, 9.17) is 16.7 Å². The highest BCUT2D eigenvalue weighted by Crippen LogP contribution is 2.21. The summed E-state index contributed by atoms with van der Waals surface area (Å²) in [6, 6.07) is 4.29. The Morgan fingerprint density at radius 2 is 2.25 bits per heavy atom. The van der Waals surface area contributed by atoms with Gasteiger partial charge in [0.15, 0.2) is 0 Å². The first-order valence-corrected chi connectivity index (χ1v) is 8.38. The lowest BCUT2D eigenvalue weighted by Crippen LogP contribution is -2.46. The van der Waals surface area contributed by atoms with Crippen molar-refractivity contribution in [1.82, 2.24) is 9.62 Å². The van der Waals surface area contributed by atoms with Gasteiger partial charge >= 0.3 is 0 Å². The lowest BCUT2D eigenvalue weighted by molar-refractivity contribution is 0.242. The van der Waals surface area contributed by atoms with Crippen molar-refractivity contribution in [1.29, 1.82) is 0 Å². The Morgan fingerprint density at radius 3 is 2.90 bits per heavy atom. The Hall–Kier alpha value is -0.660. The van der Waals surface area contributed by atoms with Crippen LogP contribution in [0, 0.1) is 0 Å². The van der Waals surface area contributed by atoms with Crippen LogP contribution in [0.3, 0.4) is 0 Å². The third kappa shape index (κ3) is 3.71. The average molecular weight is 319 g/mol. The maximum absolute atomic E-state index is 12.3. The van der Waals surface area contributed by atoms with Crippen molar-refractivity contribution in [3.63, 3.8) is 0 Å². The number of sulfonamides is 1. The number of nitrogens with zero attached hydrogens (tertiary/aromatic N) is 1. The SMILES string of the molecule is CN1CCCC(NS(=O)(=O)c2ccc(Cl)c(CO)c2)C1. The van der Waals surface area contributed by atoms with Gasteiger partial charge in [0, 0.05) is 17.6 Å². The molecule has 1 heterocycles. The molecule has 1 aliphatic rings. The number of hydrogen-bond donors (Lipinski definition) is 2. The number of aliphatic hydroxyl groups is 1. The van der Waals surface area contributed by atoms with Crippen molar-refractivity contribution < 1.29 is 13.5 Å². The van der Waals surface area contributed by atoms with Crippen LogP contribution < -0.4 is 4.72 Å². The number of likely N-dealkylation sites (tertiary alicyclic amines) is 1. The molecule has 0 amide bonds. The minimum Gasteiger partial charge on any atom is -0.392 e. The molecule has 2 N–H and O–H groups in total. The first kappa shape index (κ1) is 15.7. The van der Waals surface area contributed by atoms with Gasteiger partial charge in [0.05, 0.1) is 11.5 Å². The zero-order valence-electron chi connectivity index (χ0n) is 11.3. The molecule has 1 unspecified atom stereocenters. The van der Waals surface area contributed by atoms with Gasteiger partial charge in [-0.1, -0.05) is 11.6 Å². The van der Waals surface area contributed by atoms with E-state index in [9.17, 15) is 8.42 Å². The maximum Gasteiger partial charge on any atom is 0.240 e. The van der Waals surface area contributed by atoms with Gasteiger partial charge in [-0.2, -0.15) is 0 Å². The number of halogens is 1. The first-order valence-electron chi connectivity index (χ1n) is 6.52. The smallest absolute Gasteiger partial charge is 0.240 e. The summed E-state index contributed by atoms with van der Waals surface area (Å²) < 4.78 is 27.4. The number of hydrogen-bond acceptors (Lipinski definition) is 4. The maximum atomic E-state index is 12.3. The first-order chi connectivity index (χ1) is 9.42. The largest absolute Gasteiger partial charge is 0.392 e. The summed E-state index contributed by atoms with van der Waals surface area (Å²) in [4.78, 5) is 2.25. The summed E-state index contributed by atoms with van der Waals surface area (Å²) in [6.07, 6.45) is 1.82. The van der Waals surface area contributed by atoms with Gasteiger partial charge in [-0.3, -0.25) is 0 Å². The Balaban J connectivity index is 2.17. The van der Waals surface area contributed by atoms with E-state index in [-0.39, 0.29) is 17.5 Å². The highest BCUT2D eigenvalue weighted by molar-refractivity contribution is 7.89. The van der Waals surface area contributed by atoms with E-state index in [0.717, 1.165) is 19.4 Å². The molecule has 2 rings (SSSR count). The molecule has 1 aromatic rings. The number of nitrogens with one attached hydrogen (secondary N) is 1. The number of aliphatic hydroxyl groups excluding tert-OH is 1. The molecule has 0 bridgehead atoms. The fourth-order valence-electron chi connectivity index (χ4n) is 2.39. The normalized spacial score (nSPS) is 21.1. The lowest BCUT2D eigenvalue weighted by atomic mass is 10.1. The molecule has 1 aliphatic heterocycles. The fourth-order valence-corrected chi connectivity index (χ4v) is 3.88. The van der Waals surface area contributed by atoms with Gasteiger partial charge in [0.1, 0.15) is 0 Å². The summed E-state index contributed by atoms with van der Waals surface area (Å²) in [5.41, 5.74) is 0.412. The van der Waals surface area contributed by atoms with Crippen molar-refractivity contribution in [3.8, 4) is 0 Å². The van der Waals surface area contributed by atoms with Crippen molar-refractivity contribution in [2.45, 2.75) is 30.4 Å². The highest BCUT2D eigenvalue weighted by Gasteiger charge is 2.24. The molecular weight excluding hydrogens is 300 g/mol. The highest BCUT2D eigenvalue weighted by atomic mass is 35.5. The predicted molar refractivity (Wildman–Crippen MR) is 78.2 cm³/mol. The Morgan fingerprint density at radius 1 is 1.50 bits per heavy atom. The van der Waals surface area contributed by atoms with Crippen LogP contribution in [-0.4, -0.2) is 44.6 Å². The average Bonchev–Trinajstić information content (AvgIpc) is 2.38. The summed E-state index contributed by atoms with van der Waals surface area (Å²) in [6.45, 7) is 1.42. The number of rotatable bonds is 4. The number of piperidine rings is 1. The molecule has 20 heavy (non-hydrogen) atoms. The fraction of sp³-hybridized carbons (Fsp3) is 0.538. The van der Waals surface area contributed by atoms with Gasteiger partial charge in [0.2, 0.25) is 10.0 Å². The minimum absolute atomic E-state index is 0.0768. The van der Waals surface area contributed by atoms with Crippen LogP contribution in [0.15, 0.2) is 23.1 Å². The monoisotopic (exact) mass is 318 g/mol. The summed E-state index contributed by atoms with van der Waals surface area (Å²) in [7, 11) is -1.60. The van der Waals surface area contributed by atoms with E-state index in [0.29, 0.717) is 17.1 Å². The molecule has 1 fully saturated rings. The molecule has 7 heteroatoms.